The van der Waals surface area contributed by atoms with Gasteiger partial charge in [-0.25, -0.2) is 0 Å². The second kappa shape index (κ2) is 19.2. The second-order valence-electron chi connectivity index (χ2n) is 12.3. The molecular weight excluding hydrogens is 847 g/mol. The van der Waals surface area contributed by atoms with E-state index in [-0.39, 0.29) is 39.8 Å². The zero-order chi connectivity index (χ0) is 43.1. The molecule has 0 aliphatic heterocycles. The van der Waals surface area contributed by atoms with Gasteiger partial charge in [0.25, 0.3) is 20.2 Å². The van der Waals surface area contributed by atoms with Crippen molar-refractivity contribution >= 4 is 105 Å². The number of fused-ring (bicyclic) bond motifs is 1. The molecule has 5 rings (SSSR count). The predicted octanol–water partition coefficient (Wildman–Crippen LogP) is 6.91. The van der Waals surface area contributed by atoms with Crippen LogP contribution in [0.25, 0.3) is 10.9 Å². The molecule has 0 bridgehead atoms. The van der Waals surface area contributed by atoms with Gasteiger partial charge in [0, 0.05) is 49.5 Å². The van der Waals surface area contributed by atoms with Gasteiger partial charge in [0.1, 0.15) is 27.8 Å². The lowest BCUT2D eigenvalue weighted by Crippen LogP contribution is -2.22. The number of nitrogens with two attached hydrogens (primary N) is 1. The summed E-state index contributed by atoms with van der Waals surface area (Å²) in [6.07, 6.45) is 0. The molecule has 0 unspecified atom stereocenters. The molecule has 0 radical (unpaired) electrons. The molecule has 0 fully saturated rings. The number of nitrogen functional groups attached to an aromatic ring is 1. The molecule has 0 amide bonds. The number of hydrogen-bond donors (Lipinski definition) is 5. The summed E-state index contributed by atoms with van der Waals surface area (Å²) in [6.45, 7) is 10.7. The number of hydrogen-bond acceptors (Lipinski definition) is 20. The zero-order valence-electron chi connectivity index (χ0n) is 33.2. The number of anilines is 7. The molecule has 0 atom stereocenters. The lowest BCUT2D eigenvalue weighted by atomic mass is 10.2. The number of nitrogens with one attached hydrogen (secondary N) is 2. The number of benzene rings is 3. The van der Waals surface area contributed by atoms with Crippen molar-refractivity contribution in [3.8, 4) is 17.2 Å². The third-order valence-corrected chi connectivity index (χ3v) is 12.3. The highest BCUT2D eigenvalue weighted by Gasteiger charge is 2.22. The molecule has 0 saturated carbocycles. The fraction of sp³-hybridized carbons (Fsp3) is 0.371. The van der Waals surface area contributed by atoms with Gasteiger partial charge in [0.2, 0.25) is 11.9 Å². The standard InChI is InChI=1S/C35H45N11O9S4/c1-8-45(9-2)26-16-23(21(36)15-28(26)53-5)37-33-39-34(41-35(40-33)56-12-13-58(47,48)49)38-24-17-27(46(10-3)11-4)29(54-6)18-25(24)42-43-32-20-14-30(55-7)31(59(50,51)52)19-22(20)44-57-32/h14-19H,8-13,36H2,1-7H3,(H,47,48,49)(H,50,51,52)(H2,37,38,39,40,41). The first-order valence-electron chi connectivity index (χ1n) is 18.0. The first kappa shape index (κ1) is 44.8. The normalized spacial score (nSPS) is 11.9. The highest BCUT2D eigenvalue weighted by Crippen LogP contribution is 2.43. The molecule has 6 N–H and O–H groups in total. The largest absolute Gasteiger partial charge is 0.495 e. The number of aromatic nitrogens is 4. The Balaban J connectivity index is 1.63. The Morgan fingerprint density at radius 3 is 1.86 bits per heavy atom. The van der Waals surface area contributed by atoms with E-state index in [2.05, 4.69) is 50.0 Å². The van der Waals surface area contributed by atoms with Crippen LogP contribution in [0, 0.1) is 0 Å². The minimum atomic E-state index is -4.60. The van der Waals surface area contributed by atoms with E-state index in [1.165, 1.54) is 26.4 Å². The zero-order valence-corrected chi connectivity index (χ0v) is 36.5. The van der Waals surface area contributed by atoms with Gasteiger partial charge < -0.3 is 40.4 Å². The Bertz CT molecular complexity index is 2550. The lowest BCUT2D eigenvalue weighted by Gasteiger charge is -2.25. The molecule has 0 aliphatic rings. The molecule has 5 aromatic rings. The predicted molar refractivity (Wildman–Crippen MR) is 231 cm³/mol. The van der Waals surface area contributed by atoms with Gasteiger partial charge in [-0.1, -0.05) is 11.8 Å². The van der Waals surface area contributed by atoms with Gasteiger partial charge in [0.15, 0.2) is 10.2 Å². The van der Waals surface area contributed by atoms with Gasteiger partial charge in [-0.3, -0.25) is 9.11 Å². The van der Waals surface area contributed by atoms with Crippen molar-refractivity contribution in [2.24, 2.45) is 10.2 Å². The molecule has 2 heterocycles. The van der Waals surface area contributed by atoms with Crippen LogP contribution in [-0.4, -0.2) is 104 Å². The van der Waals surface area contributed by atoms with Crippen LogP contribution in [0.1, 0.15) is 27.7 Å². The molecule has 0 saturated heterocycles. The van der Waals surface area contributed by atoms with Crippen LogP contribution in [0.3, 0.4) is 0 Å². The van der Waals surface area contributed by atoms with Crippen LogP contribution in [0.2, 0.25) is 0 Å². The monoisotopic (exact) mass is 891 g/mol. The van der Waals surface area contributed by atoms with Crippen molar-refractivity contribution in [2.45, 2.75) is 37.7 Å². The maximum Gasteiger partial charge on any atom is 0.298 e. The van der Waals surface area contributed by atoms with Gasteiger partial charge in [-0.2, -0.15) is 36.2 Å². The average molecular weight is 892 g/mol. The third kappa shape index (κ3) is 10.9. The van der Waals surface area contributed by atoms with E-state index in [1.807, 2.05) is 33.8 Å². The van der Waals surface area contributed by atoms with Gasteiger partial charge in [-0.15, -0.1) is 10.2 Å². The molecule has 318 valence electrons. The lowest BCUT2D eigenvalue weighted by molar-refractivity contribution is 0.398. The van der Waals surface area contributed by atoms with E-state index in [0.717, 1.165) is 34.7 Å². The Morgan fingerprint density at radius 1 is 0.763 bits per heavy atom. The van der Waals surface area contributed by atoms with Crippen molar-refractivity contribution in [2.75, 3.05) is 85.2 Å². The highest BCUT2D eigenvalue weighted by molar-refractivity contribution is 8.00. The van der Waals surface area contributed by atoms with Gasteiger partial charge >= 0.3 is 0 Å². The number of nitrogens with zero attached hydrogens (tertiary/aromatic N) is 8. The molecule has 0 spiro atoms. The smallest absolute Gasteiger partial charge is 0.298 e. The fourth-order valence-electron chi connectivity index (χ4n) is 5.86. The van der Waals surface area contributed by atoms with Crippen molar-refractivity contribution in [1.82, 2.24) is 19.3 Å². The summed E-state index contributed by atoms with van der Waals surface area (Å²) in [5.74, 6) is 0.453. The minimum absolute atomic E-state index is 0.0331. The summed E-state index contributed by atoms with van der Waals surface area (Å²) < 4.78 is 87.1. The van der Waals surface area contributed by atoms with Crippen LogP contribution in [0.4, 0.5) is 51.0 Å². The first-order valence-corrected chi connectivity index (χ1v) is 22.8. The molecule has 20 nitrogen and oxygen atoms in total. The Morgan fingerprint density at radius 2 is 1.32 bits per heavy atom. The maximum absolute atomic E-state index is 12.0. The van der Waals surface area contributed by atoms with Crippen LogP contribution in [0.5, 0.6) is 17.2 Å². The SMILES string of the molecule is CCN(CC)c1cc(Nc2nc(Nc3cc(N(CC)CC)c(OC)cc3N=Nc3snc4cc(S(=O)(=O)O)c(OC)cc34)nc(SCCS(=O)(=O)O)n2)c(N)cc1OC. The van der Waals surface area contributed by atoms with E-state index in [9.17, 15) is 25.9 Å². The Kier molecular flexibility index (Phi) is 14.6. The maximum atomic E-state index is 12.0. The summed E-state index contributed by atoms with van der Waals surface area (Å²) in [4.78, 5) is 17.4. The van der Waals surface area contributed by atoms with Crippen molar-refractivity contribution in [3.63, 3.8) is 0 Å². The summed E-state index contributed by atoms with van der Waals surface area (Å²) in [5.41, 5.74) is 9.68. The van der Waals surface area contributed by atoms with E-state index in [4.69, 9.17) is 19.9 Å². The van der Waals surface area contributed by atoms with E-state index in [0.29, 0.717) is 65.1 Å². The highest BCUT2D eigenvalue weighted by atomic mass is 32.2. The molecule has 59 heavy (non-hydrogen) atoms. The number of ether oxygens (including phenoxy) is 3. The second-order valence-corrected chi connectivity index (χ2v) is 17.1. The Labute approximate surface area is 350 Å². The Hall–Kier alpha value is -5.27. The quantitative estimate of drug-likeness (QED) is 0.0230. The van der Waals surface area contributed by atoms with Crippen molar-refractivity contribution in [1.29, 1.82) is 0 Å². The number of thioether (sulfide) groups is 1. The summed E-state index contributed by atoms with van der Waals surface area (Å²) in [6, 6.07) is 9.58. The van der Waals surface area contributed by atoms with Crippen molar-refractivity contribution < 1.29 is 40.2 Å². The molecule has 2 aromatic heterocycles. The summed E-state index contributed by atoms with van der Waals surface area (Å²) in [5, 5.41) is 16.3. The molecular formula is C35H45N11O9S4. The topological polar surface area (TPSA) is 269 Å². The van der Waals surface area contributed by atoms with Gasteiger partial charge in [0.05, 0.1) is 61.0 Å². The van der Waals surface area contributed by atoms with E-state index >= 15 is 0 Å². The van der Waals surface area contributed by atoms with Crippen molar-refractivity contribution in [3.05, 3.63) is 36.4 Å². The average Bonchev–Trinajstić information content (AvgIpc) is 3.59. The third-order valence-electron chi connectivity index (χ3n) is 8.81. The van der Waals surface area contributed by atoms with Gasteiger partial charge in [-0.05, 0) is 63.5 Å². The number of azo groups is 1. The van der Waals surface area contributed by atoms with Crippen LogP contribution in [0.15, 0.2) is 56.7 Å². The van der Waals surface area contributed by atoms with E-state index < -0.39 is 30.9 Å². The molecule has 24 heteroatoms. The minimum Gasteiger partial charge on any atom is -0.495 e. The molecule has 3 aromatic carbocycles. The first-order chi connectivity index (χ1) is 28.0. The number of methoxy groups -OCH3 is 3. The fourth-order valence-corrected chi connectivity index (χ4v) is 8.86. The summed E-state index contributed by atoms with van der Waals surface area (Å²) >= 11 is 1.93. The number of rotatable bonds is 20. The van der Waals surface area contributed by atoms with E-state index in [1.54, 1.807) is 25.3 Å². The van der Waals surface area contributed by atoms with Crippen LogP contribution < -0.4 is 40.4 Å². The van der Waals surface area contributed by atoms with Crippen LogP contribution >= 0.6 is 23.3 Å². The van der Waals surface area contributed by atoms with Crippen LogP contribution in [-0.2, 0) is 20.2 Å². The molecule has 0 aliphatic carbocycles. The summed E-state index contributed by atoms with van der Waals surface area (Å²) in [7, 11) is -4.51.